The fraction of sp³-hybridized carbons (Fsp3) is 0.231. The number of nitrogens with two attached hydrogens (primary N) is 1. The van der Waals surface area contributed by atoms with Crippen molar-refractivity contribution >= 4 is 27.2 Å². The van der Waals surface area contributed by atoms with Crippen LogP contribution in [0.1, 0.15) is 0 Å². The summed E-state index contributed by atoms with van der Waals surface area (Å²) in [5.74, 6) is -2.13. The number of halogens is 2. The molecule has 0 spiro atoms. The Kier molecular flexibility index (Phi) is 6.66. The third-order valence-electron chi connectivity index (χ3n) is 6.36. The minimum absolute atomic E-state index is 0.136. The summed E-state index contributed by atoms with van der Waals surface area (Å²) in [6, 6.07) is 14.7. The van der Waals surface area contributed by atoms with Crippen LogP contribution in [0.25, 0.3) is 37.6 Å². The molecule has 0 bridgehead atoms. The summed E-state index contributed by atoms with van der Waals surface area (Å²) >= 11 is 1.61. The molecule has 2 N–H and O–H groups in total. The number of nitrogens with zero attached hydrogens (tertiary/aromatic N) is 6. The summed E-state index contributed by atoms with van der Waals surface area (Å²) in [7, 11) is 0. The Labute approximate surface area is 220 Å². The number of ether oxygens (including phenoxy) is 2. The van der Waals surface area contributed by atoms with Crippen LogP contribution in [0.4, 0.5) is 14.6 Å². The van der Waals surface area contributed by atoms with E-state index in [0.29, 0.717) is 25.3 Å². The van der Waals surface area contributed by atoms with Crippen LogP contribution in [0.3, 0.4) is 0 Å². The number of pyridine rings is 1. The van der Waals surface area contributed by atoms with Gasteiger partial charge in [0.25, 0.3) is 0 Å². The third-order valence-corrected chi connectivity index (χ3v) is 7.53. The van der Waals surface area contributed by atoms with Crippen molar-refractivity contribution in [2.75, 3.05) is 45.2 Å². The van der Waals surface area contributed by atoms with Crippen LogP contribution >= 0.6 is 11.3 Å². The van der Waals surface area contributed by atoms with Gasteiger partial charge in [-0.05, 0) is 46.1 Å². The summed E-state index contributed by atoms with van der Waals surface area (Å²) < 4.78 is 43.3. The molecule has 0 amide bonds. The van der Waals surface area contributed by atoms with E-state index in [0.717, 1.165) is 38.3 Å². The zero-order valence-corrected chi connectivity index (χ0v) is 21.0. The first-order valence-corrected chi connectivity index (χ1v) is 12.8. The van der Waals surface area contributed by atoms with E-state index in [1.807, 2.05) is 24.3 Å². The molecule has 1 fully saturated rings. The van der Waals surface area contributed by atoms with E-state index in [2.05, 4.69) is 31.5 Å². The molecule has 0 saturated carbocycles. The number of hydrogen-bond acceptors (Lipinski definition) is 9. The molecule has 9 nitrogen and oxygen atoms in total. The van der Waals surface area contributed by atoms with Crippen molar-refractivity contribution < 1.29 is 18.3 Å². The molecule has 0 unspecified atom stereocenters. The van der Waals surface area contributed by atoms with E-state index >= 15 is 4.39 Å². The third kappa shape index (κ3) is 4.69. The van der Waals surface area contributed by atoms with E-state index in [1.54, 1.807) is 23.6 Å². The van der Waals surface area contributed by atoms with Crippen LogP contribution in [0, 0.1) is 11.6 Å². The quantitative estimate of drug-likeness (QED) is 0.331. The standard InChI is InChI=1S/C26H23F2N7O2S/c27-23-19(5-6-20(24(23)28)37-12-9-34-7-10-36-11-8-34)35-26(31-32-33-35)18-13-17(15-30-25(18)29)22-14-16-3-1-2-4-21(16)38-22/h1-6,13-15H,7-12H2,(H2,29,30). The van der Waals surface area contributed by atoms with E-state index < -0.39 is 11.6 Å². The van der Waals surface area contributed by atoms with Crippen LogP contribution in [0.15, 0.2) is 54.7 Å². The van der Waals surface area contributed by atoms with Gasteiger partial charge in [0.2, 0.25) is 5.82 Å². The lowest BCUT2D eigenvalue weighted by molar-refractivity contribution is 0.0320. The second-order valence-electron chi connectivity index (χ2n) is 8.73. The van der Waals surface area contributed by atoms with Gasteiger partial charge >= 0.3 is 0 Å². The first-order chi connectivity index (χ1) is 18.6. The fourth-order valence-electron chi connectivity index (χ4n) is 4.34. The second kappa shape index (κ2) is 10.4. The number of anilines is 1. The van der Waals surface area contributed by atoms with Gasteiger partial charge in [-0.3, -0.25) is 4.90 Å². The van der Waals surface area contributed by atoms with Crippen molar-refractivity contribution in [3.8, 4) is 33.3 Å². The largest absolute Gasteiger partial charge is 0.489 e. The van der Waals surface area contributed by atoms with Crippen molar-refractivity contribution in [3.05, 3.63) is 66.4 Å². The van der Waals surface area contributed by atoms with Crippen LogP contribution in [-0.2, 0) is 4.74 Å². The fourth-order valence-corrected chi connectivity index (χ4v) is 5.38. The van der Waals surface area contributed by atoms with Crippen molar-refractivity contribution in [1.82, 2.24) is 30.1 Å². The molecule has 194 valence electrons. The van der Waals surface area contributed by atoms with Crippen LogP contribution < -0.4 is 10.5 Å². The normalized spacial score (nSPS) is 14.3. The van der Waals surface area contributed by atoms with Gasteiger partial charge < -0.3 is 15.2 Å². The number of hydrogen-bond donors (Lipinski definition) is 1. The van der Waals surface area contributed by atoms with Gasteiger partial charge in [0.05, 0.1) is 18.8 Å². The summed E-state index contributed by atoms with van der Waals surface area (Å²) in [6.45, 7) is 3.68. The van der Waals surface area contributed by atoms with Crippen LogP contribution in [0.5, 0.6) is 5.75 Å². The maximum absolute atomic E-state index is 15.2. The monoisotopic (exact) mass is 535 g/mol. The zero-order chi connectivity index (χ0) is 26.1. The number of benzene rings is 2. The number of nitrogen functional groups attached to an aromatic ring is 1. The number of morpholine rings is 1. The lowest BCUT2D eigenvalue weighted by atomic mass is 10.1. The number of tetrazole rings is 1. The highest BCUT2D eigenvalue weighted by Gasteiger charge is 2.22. The molecule has 38 heavy (non-hydrogen) atoms. The van der Waals surface area contributed by atoms with Gasteiger partial charge in [0.15, 0.2) is 17.4 Å². The Bertz CT molecular complexity index is 1570. The molecule has 0 aliphatic carbocycles. The van der Waals surface area contributed by atoms with Crippen molar-refractivity contribution in [1.29, 1.82) is 0 Å². The highest BCUT2D eigenvalue weighted by atomic mass is 32.1. The molecule has 1 saturated heterocycles. The Morgan fingerprint density at radius 3 is 2.74 bits per heavy atom. The predicted molar refractivity (Wildman–Crippen MR) is 140 cm³/mol. The second-order valence-corrected chi connectivity index (χ2v) is 9.82. The summed E-state index contributed by atoms with van der Waals surface area (Å²) in [5, 5.41) is 12.8. The molecule has 1 aliphatic rings. The molecule has 6 rings (SSSR count). The van der Waals surface area contributed by atoms with E-state index in [9.17, 15) is 4.39 Å². The van der Waals surface area contributed by atoms with Gasteiger partial charge in [0.1, 0.15) is 18.1 Å². The number of rotatable bonds is 7. The lowest BCUT2D eigenvalue weighted by Crippen LogP contribution is -2.38. The first kappa shape index (κ1) is 24.3. The SMILES string of the molecule is Nc1ncc(-c2cc3ccccc3s2)cc1-c1nnnn1-c1ccc(OCCN2CCOCC2)c(F)c1F. The number of thiophene rings is 1. The molecule has 1 aliphatic heterocycles. The van der Waals surface area contributed by atoms with E-state index in [1.165, 1.54) is 12.1 Å². The molecule has 4 heterocycles. The Balaban J connectivity index is 1.28. The van der Waals surface area contributed by atoms with Gasteiger partial charge in [-0.25, -0.2) is 9.37 Å². The maximum Gasteiger partial charge on any atom is 0.202 e. The van der Waals surface area contributed by atoms with Crippen molar-refractivity contribution in [2.45, 2.75) is 0 Å². The molecular weight excluding hydrogens is 512 g/mol. The predicted octanol–water partition coefficient (Wildman–Crippen LogP) is 4.18. The average Bonchev–Trinajstić information content (AvgIpc) is 3.60. The molecule has 5 aromatic rings. The molecule has 3 aromatic heterocycles. The molecule has 0 radical (unpaired) electrons. The zero-order valence-electron chi connectivity index (χ0n) is 20.2. The van der Waals surface area contributed by atoms with Gasteiger partial charge in [-0.15, -0.1) is 16.4 Å². The minimum Gasteiger partial charge on any atom is -0.489 e. The van der Waals surface area contributed by atoms with E-state index in [4.69, 9.17) is 15.2 Å². The smallest absolute Gasteiger partial charge is 0.202 e. The Morgan fingerprint density at radius 2 is 1.89 bits per heavy atom. The van der Waals surface area contributed by atoms with Crippen molar-refractivity contribution in [3.63, 3.8) is 0 Å². The van der Waals surface area contributed by atoms with Crippen molar-refractivity contribution in [2.24, 2.45) is 0 Å². The molecule has 12 heteroatoms. The van der Waals surface area contributed by atoms with Gasteiger partial charge in [-0.1, -0.05) is 18.2 Å². The molecule has 2 aromatic carbocycles. The summed E-state index contributed by atoms with van der Waals surface area (Å²) in [5.41, 5.74) is 7.21. The Morgan fingerprint density at radius 1 is 1.05 bits per heavy atom. The average molecular weight is 536 g/mol. The molecular formula is C26H23F2N7O2S. The van der Waals surface area contributed by atoms with E-state index in [-0.39, 0.29) is 29.7 Å². The lowest BCUT2D eigenvalue weighted by Gasteiger charge is -2.26. The highest BCUT2D eigenvalue weighted by molar-refractivity contribution is 7.22. The first-order valence-electron chi connectivity index (χ1n) is 12.0. The van der Waals surface area contributed by atoms with Crippen LogP contribution in [0.2, 0.25) is 0 Å². The molecule has 0 atom stereocenters. The summed E-state index contributed by atoms with van der Waals surface area (Å²) in [4.78, 5) is 7.44. The van der Waals surface area contributed by atoms with Gasteiger partial charge in [-0.2, -0.15) is 9.07 Å². The highest BCUT2D eigenvalue weighted by Crippen LogP contribution is 2.36. The summed E-state index contributed by atoms with van der Waals surface area (Å²) in [6.07, 6.45) is 1.67. The van der Waals surface area contributed by atoms with Gasteiger partial charge in [0, 0.05) is 41.0 Å². The maximum atomic E-state index is 15.2. The van der Waals surface area contributed by atoms with Crippen LogP contribution in [-0.4, -0.2) is 69.5 Å². The number of fused-ring (bicyclic) bond motifs is 1. The number of aromatic nitrogens is 5. The minimum atomic E-state index is -1.13. The topological polar surface area (TPSA) is 104 Å². The Hall–Kier alpha value is -4.00.